The molecule has 3 aromatic rings. The lowest BCUT2D eigenvalue weighted by Crippen LogP contribution is -2.04. The van der Waals surface area contributed by atoms with Crippen molar-refractivity contribution >= 4 is 5.69 Å². The smallest absolute Gasteiger partial charge is 0.416 e. The number of alkyl halides is 3. The molecule has 1 N–H and O–H groups in total. The molecule has 0 amide bonds. The Morgan fingerprint density at radius 2 is 1.78 bits per heavy atom. The quantitative estimate of drug-likeness (QED) is 0.655. The molecule has 0 fully saturated rings. The van der Waals surface area contributed by atoms with Crippen molar-refractivity contribution in [2.45, 2.75) is 12.7 Å². The summed E-state index contributed by atoms with van der Waals surface area (Å²) in [5.41, 5.74) is 1.06. The molecule has 0 unspecified atom stereocenters. The number of rotatable bonds is 6. The molecule has 0 saturated heterocycles. The van der Waals surface area contributed by atoms with Gasteiger partial charge in [-0.15, -0.1) is 0 Å². The number of hydrogen-bond donors (Lipinski definition) is 1. The average molecular weight is 378 g/mol. The summed E-state index contributed by atoms with van der Waals surface area (Å²) < 4.78 is 53.8. The van der Waals surface area contributed by atoms with Gasteiger partial charge in [0.15, 0.2) is 0 Å². The van der Waals surface area contributed by atoms with Crippen molar-refractivity contribution in [2.75, 3.05) is 19.5 Å². The molecular formula is C19H17F3N2O3. The zero-order chi connectivity index (χ0) is 19.4. The van der Waals surface area contributed by atoms with Crippen LogP contribution in [-0.4, -0.2) is 19.2 Å². The van der Waals surface area contributed by atoms with Crippen molar-refractivity contribution in [3.63, 3.8) is 0 Å². The first kappa shape index (κ1) is 18.6. The highest BCUT2D eigenvalue weighted by molar-refractivity contribution is 5.60. The fraction of sp³-hybridized carbons (Fsp3) is 0.211. The first-order valence-corrected chi connectivity index (χ1v) is 7.98. The molecular weight excluding hydrogens is 361 g/mol. The molecule has 0 bridgehead atoms. The van der Waals surface area contributed by atoms with E-state index in [-0.39, 0.29) is 5.89 Å². The number of oxazole rings is 1. The summed E-state index contributed by atoms with van der Waals surface area (Å²) in [5, 5.41) is 3.17. The minimum atomic E-state index is -4.38. The average Bonchev–Trinajstić information content (AvgIpc) is 3.14. The second-order valence-corrected chi connectivity index (χ2v) is 5.64. The van der Waals surface area contributed by atoms with E-state index in [9.17, 15) is 13.2 Å². The number of benzene rings is 2. The Kier molecular flexibility index (Phi) is 5.25. The summed E-state index contributed by atoms with van der Waals surface area (Å²) >= 11 is 0. The Balaban J connectivity index is 1.72. The number of methoxy groups -OCH3 is 2. The second kappa shape index (κ2) is 7.61. The van der Waals surface area contributed by atoms with Gasteiger partial charge in [-0.1, -0.05) is 0 Å². The zero-order valence-corrected chi connectivity index (χ0v) is 14.6. The van der Waals surface area contributed by atoms with Crippen molar-refractivity contribution in [1.29, 1.82) is 0 Å². The highest BCUT2D eigenvalue weighted by Gasteiger charge is 2.30. The van der Waals surface area contributed by atoms with Gasteiger partial charge in [-0.3, -0.25) is 0 Å². The van der Waals surface area contributed by atoms with E-state index in [0.717, 1.165) is 17.8 Å². The van der Waals surface area contributed by atoms with Crippen LogP contribution in [0.5, 0.6) is 11.5 Å². The van der Waals surface area contributed by atoms with E-state index in [1.807, 2.05) is 0 Å². The van der Waals surface area contributed by atoms with E-state index in [2.05, 4.69) is 10.3 Å². The monoisotopic (exact) mass is 378 g/mol. The summed E-state index contributed by atoms with van der Waals surface area (Å²) in [5.74, 6) is 1.56. The van der Waals surface area contributed by atoms with Gasteiger partial charge in [-0.2, -0.15) is 13.2 Å². The SMILES string of the molecule is COc1ccc(OC)c(NCc2coc(-c3ccc(C(F)(F)F)cc3)n2)c1. The number of nitrogens with zero attached hydrogens (tertiary/aromatic N) is 1. The van der Waals surface area contributed by atoms with Gasteiger partial charge >= 0.3 is 6.18 Å². The van der Waals surface area contributed by atoms with Crippen LogP contribution < -0.4 is 14.8 Å². The predicted octanol–water partition coefficient (Wildman–Crippen LogP) is 4.99. The fourth-order valence-electron chi connectivity index (χ4n) is 2.46. The molecule has 0 aliphatic heterocycles. The van der Waals surface area contributed by atoms with Crippen LogP contribution >= 0.6 is 0 Å². The second-order valence-electron chi connectivity index (χ2n) is 5.64. The third-order valence-corrected chi connectivity index (χ3v) is 3.88. The molecule has 1 heterocycles. The number of nitrogens with one attached hydrogen (secondary N) is 1. The van der Waals surface area contributed by atoms with Crippen molar-refractivity contribution in [3.05, 3.63) is 60.0 Å². The Bertz CT molecular complexity index is 905. The maximum Gasteiger partial charge on any atom is 0.416 e. The summed E-state index contributed by atoms with van der Waals surface area (Å²) in [6, 6.07) is 10.0. The first-order valence-electron chi connectivity index (χ1n) is 7.98. The van der Waals surface area contributed by atoms with Gasteiger partial charge in [-0.25, -0.2) is 4.98 Å². The van der Waals surface area contributed by atoms with Crippen molar-refractivity contribution in [3.8, 4) is 23.0 Å². The van der Waals surface area contributed by atoms with Gasteiger partial charge < -0.3 is 19.2 Å². The summed E-state index contributed by atoms with van der Waals surface area (Å²) in [4.78, 5) is 4.30. The van der Waals surface area contributed by atoms with E-state index in [1.54, 1.807) is 32.4 Å². The molecule has 0 atom stereocenters. The number of halogens is 3. The van der Waals surface area contributed by atoms with Gasteiger partial charge in [0, 0.05) is 11.6 Å². The maximum atomic E-state index is 12.6. The third-order valence-electron chi connectivity index (χ3n) is 3.88. The molecule has 27 heavy (non-hydrogen) atoms. The molecule has 0 aliphatic carbocycles. The Morgan fingerprint density at radius 3 is 2.41 bits per heavy atom. The van der Waals surface area contributed by atoms with Gasteiger partial charge in [0.25, 0.3) is 0 Å². The lowest BCUT2D eigenvalue weighted by Gasteiger charge is -2.11. The van der Waals surface area contributed by atoms with Crippen LogP contribution in [0, 0.1) is 0 Å². The van der Waals surface area contributed by atoms with E-state index in [4.69, 9.17) is 13.9 Å². The van der Waals surface area contributed by atoms with Crippen LogP contribution in [-0.2, 0) is 12.7 Å². The Hall–Kier alpha value is -3.16. The minimum Gasteiger partial charge on any atom is -0.497 e. The maximum absolute atomic E-state index is 12.6. The molecule has 0 saturated carbocycles. The van der Waals surface area contributed by atoms with Crippen LogP contribution in [0.25, 0.3) is 11.5 Å². The van der Waals surface area contributed by atoms with Gasteiger partial charge in [0.1, 0.15) is 17.8 Å². The largest absolute Gasteiger partial charge is 0.497 e. The third kappa shape index (κ3) is 4.33. The number of aromatic nitrogens is 1. The van der Waals surface area contributed by atoms with Crippen molar-refractivity contribution < 1.29 is 27.1 Å². The standard InChI is InChI=1S/C19H17F3N2O3/c1-25-15-7-8-17(26-2)16(9-15)23-10-14-11-27-18(24-14)12-3-5-13(6-4-12)19(20,21)22/h3-9,11,23H,10H2,1-2H3. The Labute approximate surface area is 153 Å². The predicted molar refractivity (Wildman–Crippen MR) is 93.8 cm³/mol. The lowest BCUT2D eigenvalue weighted by molar-refractivity contribution is -0.137. The molecule has 8 heteroatoms. The minimum absolute atomic E-state index is 0.248. The van der Waals surface area contributed by atoms with Crippen LogP contribution in [0.1, 0.15) is 11.3 Å². The Morgan fingerprint density at radius 1 is 1.04 bits per heavy atom. The topological polar surface area (TPSA) is 56.5 Å². The summed E-state index contributed by atoms with van der Waals surface area (Å²) in [7, 11) is 3.13. The van der Waals surface area contributed by atoms with E-state index >= 15 is 0 Å². The van der Waals surface area contributed by atoms with E-state index in [1.165, 1.54) is 18.4 Å². The molecule has 0 aliphatic rings. The van der Waals surface area contributed by atoms with Gasteiger partial charge in [-0.05, 0) is 36.4 Å². The van der Waals surface area contributed by atoms with E-state index < -0.39 is 11.7 Å². The summed E-state index contributed by atoms with van der Waals surface area (Å²) in [6.07, 6.45) is -2.92. The van der Waals surface area contributed by atoms with Crippen molar-refractivity contribution in [1.82, 2.24) is 4.98 Å². The zero-order valence-electron chi connectivity index (χ0n) is 14.6. The molecule has 0 radical (unpaired) electrons. The fourth-order valence-corrected chi connectivity index (χ4v) is 2.46. The highest BCUT2D eigenvalue weighted by atomic mass is 19.4. The van der Waals surface area contributed by atoms with Gasteiger partial charge in [0.2, 0.25) is 5.89 Å². The van der Waals surface area contributed by atoms with Crippen LogP contribution in [0.2, 0.25) is 0 Å². The highest BCUT2D eigenvalue weighted by Crippen LogP contribution is 2.31. The lowest BCUT2D eigenvalue weighted by atomic mass is 10.1. The normalized spacial score (nSPS) is 11.3. The van der Waals surface area contributed by atoms with Crippen molar-refractivity contribution in [2.24, 2.45) is 0 Å². The molecule has 1 aromatic heterocycles. The molecule has 2 aromatic carbocycles. The molecule has 0 spiro atoms. The van der Waals surface area contributed by atoms with Crippen LogP contribution in [0.15, 0.2) is 53.1 Å². The number of hydrogen-bond acceptors (Lipinski definition) is 5. The molecule has 5 nitrogen and oxygen atoms in total. The van der Waals surface area contributed by atoms with Crippen LogP contribution in [0.3, 0.4) is 0 Å². The van der Waals surface area contributed by atoms with Crippen LogP contribution in [0.4, 0.5) is 18.9 Å². The van der Waals surface area contributed by atoms with Gasteiger partial charge in [0.05, 0.1) is 37.7 Å². The number of anilines is 1. The number of ether oxygens (including phenoxy) is 2. The molecule has 3 rings (SSSR count). The first-order chi connectivity index (χ1) is 12.9. The molecule has 142 valence electrons. The summed E-state index contributed by atoms with van der Waals surface area (Å²) in [6.45, 7) is 0.341. The van der Waals surface area contributed by atoms with E-state index in [0.29, 0.717) is 29.3 Å².